The molecule has 10 heteroatoms. The van der Waals surface area contributed by atoms with Gasteiger partial charge in [-0.1, -0.05) is 12.1 Å². The number of carbonyl (C=O) groups is 2. The van der Waals surface area contributed by atoms with Crippen molar-refractivity contribution in [3.05, 3.63) is 48.0 Å². The van der Waals surface area contributed by atoms with Gasteiger partial charge in [0.15, 0.2) is 11.5 Å². The number of nitrogens with one attached hydrogen (secondary N) is 1. The molecule has 32 heavy (non-hydrogen) atoms. The van der Waals surface area contributed by atoms with Crippen LogP contribution in [0.3, 0.4) is 0 Å². The van der Waals surface area contributed by atoms with Gasteiger partial charge in [-0.3, -0.25) is 9.59 Å². The number of primary amides is 1. The number of ether oxygens (including phenoxy) is 2. The minimum atomic E-state index is -3.80. The molecule has 0 unspecified atom stereocenters. The lowest BCUT2D eigenvalue weighted by atomic mass is 9.98. The molecule has 2 amide bonds. The Morgan fingerprint density at radius 3 is 2.41 bits per heavy atom. The molecule has 3 rings (SSSR count). The van der Waals surface area contributed by atoms with Gasteiger partial charge >= 0.3 is 0 Å². The molecular formula is C22H27N3O6S. The average molecular weight is 462 g/mol. The van der Waals surface area contributed by atoms with Gasteiger partial charge in [-0.15, -0.1) is 0 Å². The van der Waals surface area contributed by atoms with Crippen molar-refractivity contribution in [3.8, 4) is 11.5 Å². The number of nitrogens with zero attached hydrogens (tertiary/aromatic N) is 1. The molecule has 1 saturated heterocycles. The lowest BCUT2D eigenvalue weighted by Crippen LogP contribution is -2.43. The first-order valence-corrected chi connectivity index (χ1v) is 11.6. The molecule has 1 atom stereocenters. The molecule has 0 aliphatic carbocycles. The maximum absolute atomic E-state index is 13.2. The van der Waals surface area contributed by atoms with E-state index >= 15 is 0 Å². The second kappa shape index (κ2) is 10.0. The summed E-state index contributed by atoms with van der Waals surface area (Å²) in [5.41, 5.74) is 6.51. The summed E-state index contributed by atoms with van der Waals surface area (Å²) in [5.74, 6) is -0.410. The van der Waals surface area contributed by atoms with Crippen LogP contribution in [-0.2, 0) is 26.0 Å². The summed E-state index contributed by atoms with van der Waals surface area (Å²) in [7, 11) is -0.884. The van der Waals surface area contributed by atoms with Crippen molar-refractivity contribution >= 4 is 27.5 Å². The topological polar surface area (TPSA) is 128 Å². The number of piperidine rings is 1. The number of nitrogens with two attached hydrogens (primary N) is 1. The number of carbonyl (C=O) groups excluding carboxylic acids is 2. The predicted octanol–water partition coefficient (Wildman–Crippen LogP) is 1.77. The number of rotatable bonds is 8. The van der Waals surface area contributed by atoms with E-state index in [0.29, 0.717) is 36.6 Å². The third-order valence-corrected chi connectivity index (χ3v) is 7.21. The number of benzene rings is 2. The Labute approximate surface area is 187 Å². The van der Waals surface area contributed by atoms with Gasteiger partial charge in [0.1, 0.15) is 0 Å². The van der Waals surface area contributed by atoms with Crippen molar-refractivity contribution in [2.45, 2.75) is 24.2 Å². The van der Waals surface area contributed by atoms with E-state index < -0.39 is 21.8 Å². The van der Waals surface area contributed by atoms with Crippen molar-refractivity contribution in [3.63, 3.8) is 0 Å². The van der Waals surface area contributed by atoms with Crippen molar-refractivity contribution < 1.29 is 27.5 Å². The van der Waals surface area contributed by atoms with Crippen molar-refractivity contribution in [2.24, 2.45) is 11.7 Å². The quantitative estimate of drug-likeness (QED) is 0.617. The Bertz CT molecular complexity index is 1090. The van der Waals surface area contributed by atoms with Crippen LogP contribution >= 0.6 is 0 Å². The van der Waals surface area contributed by atoms with E-state index in [9.17, 15) is 18.0 Å². The average Bonchev–Trinajstić information content (AvgIpc) is 2.79. The highest BCUT2D eigenvalue weighted by molar-refractivity contribution is 7.89. The van der Waals surface area contributed by atoms with Gasteiger partial charge in [0.25, 0.3) is 0 Å². The highest BCUT2D eigenvalue weighted by Crippen LogP contribution is 2.32. The highest BCUT2D eigenvalue weighted by atomic mass is 32.2. The van der Waals surface area contributed by atoms with Crippen molar-refractivity contribution in [2.75, 3.05) is 32.6 Å². The number of amides is 2. The molecule has 0 aromatic heterocycles. The van der Waals surface area contributed by atoms with E-state index in [4.69, 9.17) is 15.2 Å². The zero-order chi connectivity index (χ0) is 23.3. The summed E-state index contributed by atoms with van der Waals surface area (Å²) >= 11 is 0. The van der Waals surface area contributed by atoms with E-state index in [1.807, 2.05) is 0 Å². The maximum atomic E-state index is 13.2. The maximum Gasteiger partial charge on any atom is 0.243 e. The summed E-state index contributed by atoms with van der Waals surface area (Å²) < 4.78 is 38.1. The van der Waals surface area contributed by atoms with Crippen LogP contribution in [0.15, 0.2) is 47.4 Å². The Morgan fingerprint density at radius 2 is 1.78 bits per heavy atom. The number of sulfonamides is 1. The summed E-state index contributed by atoms with van der Waals surface area (Å²) in [6.45, 7) is 0.421. The van der Waals surface area contributed by atoms with Crippen LogP contribution in [0.1, 0.15) is 18.4 Å². The number of anilines is 1. The van der Waals surface area contributed by atoms with E-state index in [2.05, 4.69) is 5.32 Å². The smallest absolute Gasteiger partial charge is 0.243 e. The molecule has 0 radical (unpaired) electrons. The highest BCUT2D eigenvalue weighted by Gasteiger charge is 2.33. The van der Waals surface area contributed by atoms with Crippen LogP contribution < -0.4 is 20.5 Å². The SMILES string of the molecule is COc1ccc(S(=O)(=O)N2CCC[C@@H](C(=O)Nc3ccc(CC(N)=O)cc3)C2)cc1OC. The predicted molar refractivity (Wildman–Crippen MR) is 119 cm³/mol. The Hall–Kier alpha value is -3.11. The first-order chi connectivity index (χ1) is 15.2. The van der Waals surface area contributed by atoms with Crippen molar-refractivity contribution in [1.82, 2.24) is 4.31 Å². The van der Waals surface area contributed by atoms with Gasteiger partial charge in [-0.2, -0.15) is 4.31 Å². The fourth-order valence-electron chi connectivity index (χ4n) is 3.65. The van der Waals surface area contributed by atoms with Crippen LogP contribution in [0.5, 0.6) is 11.5 Å². The molecule has 2 aromatic carbocycles. The lowest BCUT2D eigenvalue weighted by molar-refractivity contribution is -0.121. The molecule has 2 aromatic rings. The largest absolute Gasteiger partial charge is 0.493 e. The van der Waals surface area contributed by atoms with Gasteiger partial charge in [-0.05, 0) is 42.7 Å². The molecule has 1 heterocycles. The lowest BCUT2D eigenvalue weighted by Gasteiger charge is -2.31. The monoisotopic (exact) mass is 461 g/mol. The molecule has 1 fully saturated rings. The number of hydrogen-bond acceptors (Lipinski definition) is 6. The normalized spacial score (nSPS) is 16.9. The van der Waals surface area contributed by atoms with Crippen molar-refractivity contribution in [1.29, 1.82) is 0 Å². The number of methoxy groups -OCH3 is 2. The fraction of sp³-hybridized carbons (Fsp3) is 0.364. The van der Waals surface area contributed by atoms with Crippen LogP contribution in [-0.4, -0.2) is 51.8 Å². The van der Waals surface area contributed by atoms with Crippen LogP contribution in [0.25, 0.3) is 0 Å². The zero-order valence-corrected chi connectivity index (χ0v) is 18.9. The summed E-state index contributed by atoms with van der Waals surface area (Å²) in [5, 5.41) is 2.82. The summed E-state index contributed by atoms with van der Waals surface area (Å²) in [6, 6.07) is 11.2. The zero-order valence-electron chi connectivity index (χ0n) is 18.0. The third-order valence-electron chi connectivity index (χ3n) is 5.35. The van der Waals surface area contributed by atoms with Crippen LogP contribution in [0.4, 0.5) is 5.69 Å². The molecule has 3 N–H and O–H groups in total. The van der Waals surface area contributed by atoms with E-state index in [-0.39, 0.29) is 23.8 Å². The molecule has 1 aliphatic rings. The van der Waals surface area contributed by atoms with Gasteiger partial charge in [0, 0.05) is 24.8 Å². The molecule has 9 nitrogen and oxygen atoms in total. The standard InChI is InChI=1S/C22H27N3O6S/c1-30-19-10-9-18(13-20(19)31-2)32(28,29)25-11-3-4-16(14-25)22(27)24-17-7-5-15(6-8-17)12-21(23)26/h5-10,13,16H,3-4,11-12,14H2,1-2H3,(H2,23,26)(H,24,27)/t16-/m1/s1. The molecule has 0 bridgehead atoms. The minimum absolute atomic E-state index is 0.0845. The second-order valence-electron chi connectivity index (χ2n) is 7.55. The summed E-state index contributed by atoms with van der Waals surface area (Å²) in [6.07, 6.45) is 1.28. The molecule has 172 valence electrons. The fourth-order valence-corrected chi connectivity index (χ4v) is 5.19. The first-order valence-electron chi connectivity index (χ1n) is 10.1. The van der Waals surface area contributed by atoms with E-state index in [1.165, 1.54) is 30.7 Å². The Kier molecular flexibility index (Phi) is 7.37. The second-order valence-corrected chi connectivity index (χ2v) is 9.49. The number of hydrogen-bond donors (Lipinski definition) is 2. The Morgan fingerprint density at radius 1 is 1.09 bits per heavy atom. The first kappa shape index (κ1) is 23.6. The van der Waals surface area contributed by atoms with Gasteiger partial charge < -0.3 is 20.5 Å². The Balaban J connectivity index is 1.70. The van der Waals surface area contributed by atoms with E-state index in [1.54, 1.807) is 30.3 Å². The summed E-state index contributed by atoms with van der Waals surface area (Å²) in [4.78, 5) is 23.9. The molecule has 0 saturated carbocycles. The molecule has 1 aliphatic heterocycles. The third kappa shape index (κ3) is 5.38. The minimum Gasteiger partial charge on any atom is -0.493 e. The van der Waals surface area contributed by atoms with E-state index in [0.717, 1.165) is 5.56 Å². The molecule has 0 spiro atoms. The molecular weight excluding hydrogens is 434 g/mol. The van der Waals surface area contributed by atoms with Gasteiger partial charge in [0.05, 0.1) is 31.5 Å². The van der Waals surface area contributed by atoms with Gasteiger partial charge in [0.2, 0.25) is 21.8 Å². The van der Waals surface area contributed by atoms with Gasteiger partial charge in [-0.25, -0.2) is 8.42 Å². The van der Waals surface area contributed by atoms with Crippen LogP contribution in [0.2, 0.25) is 0 Å². The van der Waals surface area contributed by atoms with Crippen LogP contribution in [0, 0.1) is 5.92 Å².